The average Bonchev–Trinajstić information content (AvgIpc) is 1.64. The monoisotopic (exact) mass is 1700 g/mol. The first-order chi connectivity index (χ1) is 62.5. The van der Waals surface area contributed by atoms with Crippen molar-refractivity contribution in [3.8, 4) is 207 Å². The highest BCUT2D eigenvalue weighted by molar-refractivity contribution is 5.90. The Balaban J connectivity index is 0.750. The molecule has 0 spiro atoms. The maximum Gasteiger partial charge on any atom is 0.0347 e. The van der Waals surface area contributed by atoms with Crippen LogP contribution in [0.5, 0.6) is 0 Å². The first-order valence-corrected chi connectivity index (χ1v) is 46.1. The maximum absolute atomic E-state index is 3.73. The minimum atomic E-state index is -0.110. The molecule has 0 nitrogen and oxygen atoms in total. The molecule has 16 aliphatic carbocycles. The van der Waals surface area contributed by atoms with Crippen molar-refractivity contribution in [2.24, 2.45) is 0 Å². The molecule has 16 aliphatic rings. The van der Waals surface area contributed by atoms with Gasteiger partial charge in [0, 0.05) is 77.9 Å². The first-order valence-electron chi connectivity index (χ1n) is 46.1. The number of hydrogen-bond acceptors (Lipinski definition) is 0. The van der Waals surface area contributed by atoms with Crippen molar-refractivity contribution in [1.29, 1.82) is 0 Å². The van der Waals surface area contributed by atoms with Crippen LogP contribution in [0, 0.1) is 118 Å². The van der Waals surface area contributed by atoms with E-state index in [4.69, 9.17) is 0 Å². The van der Waals surface area contributed by atoms with Gasteiger partial charge < -0.3 is 0 Å². The fraction of sp³-hybridized carbons (Fsp3) is 0.242. The first kappa shape index (κ1) is 90.5. The van der Waals surface area contributed by atoms with Crippen LogP contribution < -0.4 is 0 Å². The van der Waals surface area contributed by atoms with E-state index in [0.29, 0.717) is 0 Å². The molecule has 0 amide bonds. The van der Waals surface area contributed by atoms with Crippen LogP contribution in [-0.4, -0.2) is 0 Å². The van der Waals surface area contributed by atoms with Gasteiger partial charge in [0.05, 0.1) is 0 Å². The molecule has 0 radical (unpaired) electrons. The van der Waals surface area contributed by atoms with E-state index in [1.54, 1.807) is 0 Å². The van der Waals surface area contributed by atoms with Crippen LogP contribution in [0.25, 0.3) is 89.0 Å². The molecule has 0 heterocycles. The molecule has 0 saturated heterocycles. The predicted octanol–water partition coefficient (Wildman–Crippen LogP) is 30.7. The molecule has 0 aromatic heterocycles. The summed E-state index contributed by atoms with van der Waals surface area (Å²) in [5.74, 6) is 70.2. The highest BCUT2D eigenvalue weighted by Gasteiger charge is 2.27. The van der Waals surface area contributed by atoms with E-state index in [1.165, 1.54) is 44.5 Å². The van der Waals surface area contributed by atoms with Gasteiger partial charge in [-0.05, 0) is 261 Å². The molecule has 0 bridgehead atoms. The molecule has 0 fully saturated rings. The molecule has 0 aliphatic heterocycles. The lowest BCUT2D eigenvalue weighted by Crippen LogP contribution is -2.09. The Bertz CT molecular complexity index is 7260. The van der Waals surface area contributed by atoms with E-state index in [-0.39, 0.29) is 43.3 Å². The van der Waals surface area contributed by atoms with Crippen LogP contribution in [-0.2, 0) is 43.3 Å². The average molecular weight is 1700 g/mol. The third-order valence-electron chi connectivity index (χ3n) is 25.5. The lowest BCUT2D eigenvalue weighted by Gasteiger charge is -2.17. The number of rotatable bonds is 0. The molecule has 0 saturated carbocycles. The van der Waals surface area contributed by atoms with Crippen LogP contribution in [0.2, 0.25) is 0 Å². The van der Waals surface area contributed by atoms with Crippen LogP contribution >= 0.6 is 0 Å². The summed E-state index contributed by atoms with van der Waals surface area (Å²) in [5, 5.41) is 0. The van der Waals surface area contributed by atoms with Crippen LogP contribution in [0.4, 0.5) is 0 Å². The van der Waals surface area contributed by atoms with Gasteiger partial charge in [-0.2, -0.15) is 0 Å². The normalized spacial score (nSPS) is 11.8. The zero-order valence-electron chi connectivity index (χ0n) is 81.2. The Hall–Kier alpha value is -14.8. The molecule has 0 atom stereocenters. The van der Waals surface area contributed by atoms with Crippen LogP contribution in [0.3, 0.4) is 0 Å². The van der Waals surface area contributed by atoms with Gasteiger partial charge in [-0.1, -0.05) is 455 Å². The lowest BCUT2D eigenvalue weighted by molar-refractivity contribution is 0.590. The minimum Gasteiger partial charge on any atom is -0.0609 e. The van der Waals surface area contributed by atoms with Gasteiger partial charge in [0.1, 0.15) is 0 Å². The summed E-state index contributed by atoms with van der Waals surface area (Å²) in [4.78, 5) is 0. The SMILES string of the molecule is CC(C)(C)c1ccc2ccc(C#CC#Cc3cc(C#Cc4cc(C#Cc5cc(C#CC#Cc6cc(C#Cc7cc(C#Cc8cc(C#CC#Cc9ccc%10ccc(C(C)(C)C)ccc9-%10)c9ccc(C(C)(C)C)ccc8-9)c8ccc(C(C)(C)C)ccc7-8)c7ccc(C(C)(C)C)ccc6-7)c6ccc(C(C)(C)C)ccc5-6)c5ccc(C(C)(C)C)ccc4-5)c4ccc(C(C)(C)C)ccc3-4)c-2cc1. The molecule has 0 unspecified atom stereocenters. The van der Waals surface area contributed by atoms with E-state index < -0.39 is 0 Å². The zero-order chi connectivity index (χ0) is 93.8. The Labute approximate surface area is 788 Å². The quantitative estimate of drug-likeness (QED) is 0.133. The summed E-state index contributed by atoms with van der Waals surface area (Å²) in [7, 11) is 0. The van der Waals surface area contributed by atoms with E-state index in [9.17, 15) is 0 Å². The number of fused-ring (bicyclic) bond motifs is 8. The second-order valence-electron chi connectivity index (χ2n) is 43.5. The summed E-state index contributed by atoms with van der Waals surface area (Å²) < 4.78 is 0. The van der Waals surface area contributed by atoms with E-state index in [2.05, 4.69) is 539 Å². The smallest absolute Gasteiger partial charge is 0.0347 e. The van der Waals surface area contributed by atoms with Gasteiger partial charge in [0.25, 0.3) is 0 Å². The summed E-state index contributed by atoms with van der Waals surface area (Å²) >= 11 is 0. The van der Waals surface area contributed by atoms with Gasteiger partial charge in [0.15, 0.2) is 0 Å². The maximum atomic E-state index is 3.73. The summed E-state index contributed by atoms with van der Waals surface area (Å²) in [6.07, 6.45) is 0. The van der Waals surface area contributed by atoms with Crippen molar-refractivity contribution in [1.82, 2.24) is 0 Å². The molecular weight excluding hydrogens is 1590 g/mol. The molecular formula is C132H114. The van der Waals surface area contributed by atoms with Crippen molar-refractivity contribution in [2.45, 2.75) is 209 Å². The Morgan fingerprint density at radius 3 is 0.371 bits per heavy atom. The van der Waals surface area contributed by atoms with Crippen molar-refractivity contribution in [2.75, 3.05) is 0 Å². The zero-order valence-corrected chi connectivity index (χ0v) is 81.2. The highest BCUT2D eigenvalue weighted by Crippen LogP contribution is 2.43. The second kappa shape index (κ2) is 35.2. The molecule has 16 rings (SSSR count). The Morgan fingerprint density at radius 2 is 0.227 bits per heavy atom. The topological polar surface area (TPSA) is 0 Å². The largest absolute Gasteiger partial charge is 0.0609 e. The third-order valence-corrected chi connectivity index (χ3v) is 25.5. The molecule has 0 N–H and O–H groups in total. The number of hydrogen-bond donors (Lipinski definition) is 0. The van der Waals surface area contributed by atoms with Gasteiger partial charge >= 0.3 is 0 Å². The summed E-state index contributed by atoms with van der Waals surface area (Å²) in [6, 6.07) is 92.4. The van der Waals surface area contributed by atoms with Gasteiger partial charge in [0.2, 0.25) is 0 Å². The summed E-state index contributed by atoms with van der Waals surface area (Å²) in [5.41, 5.74) is 38.8. The van der Waals surface area contributed by atoms with Gasteiger partial charge in [-0.25, -0.2) is 0 Å². The molecule has 642 valence electrons. The van der Waals surface area contributed by atoms with Crippen molar-refractivity contribution in [3.05, 3.63) is 377 Å². The van der Waals surface area contributed by atoms with Crippen molar-refractivity contribution < 1.29 is 0 Å². The Kier molecular flexibility index (Phi) is 24.2. The fourth-order valence-corrected chi connectivity index (χ4v) is 17.2. The highest BCUT2D eigenvalue weighted by atomic mass is 14.3. The van der Waals surface area contributed by atoms with Crippen molar-refractivity contribution >= 4 is 0 Å². The van der Waals surface area contributed by atoms with Gasteiger partial charge in [-0.3, -0.25) is 0 Å². The molecule has 0 aromatic rings. The lowest BCUT2D eigenvalue weighted by atomic mass is 9.88. The second-order valence-corrected chi connectivity index (χ2v) is 43.5. The molecule has 132 heavy (non-hydrogen) atoms. The standard InChI is InChI=1S/C132H114/c1-125(2,3)103-51-49-89-39-37-87(111(89)67-53-103)31-25-27-33-91-81-95(117-73-59-105(127(7,8)9)55-69-113(91)117)41-45-99-85-101(123-79-65-109(131(19,20)21)63-77-121(99)123)47-43-97-83-93(115-71-57-107(129(13,14)15)61-75-119(97)115)35-29-30-36-94-84-98(120-76-62-108(130(16,17)18)58-72-116(94)120)44-48-102-86-100(122-78-64-110(132(22,23)24)66-80-124(102)122)46-42-96-82-92(114-70-56-106(128(10,11)12)60-74-118(96)114)34-28-26-32-88-38-40-90-50-52-104(126(4,5)6)54-68-112(88)90/h37-40,49-86H,1-24H3. The van der Waals surface area contributed by atoms with Crippen LogP contribution in [0.1, 0.15) is 289 Å². The van der Waals surface area contributed by atoms with Crippen LogP contribution in [0.15, 0.2) is 255 Å². The van der Waals surface area contributed by atoms with Crippen molar-refractivity contribution in [3.63, 3.8) is 0 Å². The fourth-order valence-electron chi connectivity index (χ4n) is 17.2. The van der Waals surface area contributed by atoms with Gasteiger partial charge in [-0.15, -0.1) is 0 Å². The molecule has 0 aromatic carbocycles. The summed E-state index contributed by atoms with van der Waals surface area (Å²) in [6.45, 7) is 54.0. The van der Waals surface area contributed by atoms with E-state index in [0.717, 1.165) is 167 Å². The van der Waals surface area contributed by atoms with E-state index in [1.807, 2.05) is 0 Å². The Morgan fingerprint density at radius 1 is 0.114 bits per heavy atom. The van der Waals surface area contributed by atoms with E-state index >= 15 is 0 Å². The third kappa shape index (κ3) is 19.7. The molecule has 0 heteroatoms. The predicted molar refractivity (Wildman–Crippen MR) is 559 cm³/mol. The minimum absolute atomic E-state index is 0.0349.